The van der Waals surface area contributed by atoms with E-state index in [1.807, 2.05) is 19.1 Å². The highest BCUT2D eigenvalue weighted by atomic mass is 16.1. The van der Waals surface area contributed by atoms with Crippen LogP contribution >= 0.6 is 0 Å². The lowest BCUT2D eigenvalue weighted by Gasteiger charge is -2.10. The molecule has 0 spiro atoms. The average Bonchev–Trinajstić information content (AvgIpc) is 2.26. The molecule has 1 rings (SSSR count). The van der Waals surface area contributed by atoms with Crippen LogP contribution in [0.1, 0.15) is 18.2 Å². The van der Waals surface area contributed by atoms with Gasteiger partial charge in [-0.1, -0.05) is 13.0 Å². The van der Waals surface area contributed by atoms with Crippen molar-refractivity contribution in [3.05, 3.63) is 29.6 Å². The topological polar surface area (TPSA) is 68.0 Å². The van der Waals surface area contributed by atoms with Crippen molar-refractivity contribution in [2.75, 3.05) is 6.54 Å². The van der Waals surface area contributed by atoms with E-state index in [-0.39, 0.29) is 11.8 Å². The van der Waals surface area contributed by atoms with Gasteiger partial charge in [0.05, 0.1) is 12.2 Å². The highest BCUT2D eigenvalue weighted by Crippen LogP contribution is 2.02. The highest BCUT2D eigenvalue weighted by molar-refractivity contribution is 5.78. The van der Waals surface area contributed by atoms with Gasteiger partial charge in [0.1, 0.15) is 0 Å². The first kappa shape index (κ1) is 11.7. The average molecular weight is 207 g/mol. The molecule has 0 aliphatic rings. The molecule has 1 amide bonds. The molecule has 1 aromatic heterocycles. The molecule has 0 aromatic carbocycles. The zero-order valence-electron chi connectivity index (χ0n) is 9.16. The molecule has 3 N–H and O–H groups in total. The van der Waals surface area contributed by atoms with Gasteiger partial charge in [0.25, 0.3) is 0 Å². The van der Waals surface area contributed by atoms with E-state index >= 15 is 0 Å². The Bertz CT molecular complexity index is 338. The van der Waals surface area contributed by atoms with Crippen LogP contribution in [0.15, 0.2) is 18.3 Å². The lowest BCUT2D eigenvalue weighted by atomic mass is 10.1. The van der Waals surface area contributed by atoms with E-state index in [1.165, 1.54) is 0 Å². The van der Waals surface area contributed by atoms with Gasteiger partial charge in [-0.2, -0.15) is 0 Å². The number of carbonyl (C=O) groups is 1. The maximum absolute atomic E-state index is 11.4. The number of aryl methyl sites for hydroxylation is 1. The summed E-state index contributed by atoms with van der Waals surface area (Å²) in [6.45, 7) is 4.62. The van der Waals surface area contributed by atoms with Crippen LogP contribution in [0.2, 0.25) is 0 Å². The van der Waals surface area contributed by atoms with Crippen molar-refractivity contribution < 1.29 is 4.79 Å². The lowest BCUT2D eigenvalue weighted by Crippen LogP contribution is -2.33. The number of hydrogen-bond donors (Lipinski definition) is 2. The first-order valence-electron chi connectivity index (χ1n) is 5.03. The monoisotopic (exact) mass is 207 g/mol. The van der Waals surface area contributed by atoms with Crippen LogP contribution < -0.4 is 11.1 Å². The number of rotatable bonds is 4. The Morgan fingerprint density at radius 1 is 1.67 bits per heavy atom. The minimum Gasteiger partial charge on any atom is -0.350 e. The number of aromatic nitrogens is 1. The Morgan fingerprint density at radius 2 is 2.40 bits per heavy atom. The molecule has 15 heavy (non-hydrogen) atoms. The summed E-state index contributed by atoms with van der Waals surface area (Å²) in [5.74, 6) is -0.170. The summed E-state index contributed by atoms with van der Waals surface area (Å²) in [4.78, 5) is 15.6. The SMILES string of the molecule is Cc1cccnc1CNC(=O)C(C)CN. The smallest absolute Gasteiger partial charge is 0.224 e. The van der Waals surface area contributed by atoms with E-state index < -0.39 is 0 Å². The molecule has 1 unspecified atom stereocenters. The molecule has 0 saturated heterocycles. The normalized spacial score (nSPS) is 12.2. The Morgan fingerprint density at radius 3 is 3.00 bits per heavy atom. The number of carbonyl (C=O) groups excluding carboxylic acids is 1. The molecule has 0 fully saturated rings. The van der Waals surface area contributed by atoms with Crippen molar-refractivity contribution in [1.29, 1.82) is 0 Å². The molecule has 4 nitrogen and oxygen atoms in total. The van der Waals surface area contributed by atoms with Gasteiger partial charge in [0.2, 0.25) is 5.91 Å². The second-order valence-electron chi connectivity index (χ2n) is 3.62. The molecule has 1 aromatic rings. The Balaban J connectivity index is 2.51. The molecule has 4 heteroatoms. The first-order chi connectivity index (χ1) is 7.15. The molecule has 0 bridgehead atoms. The Labute approximate surface area is 89.9 Å². The summed E-state index contributed by atoms with van der Waals surface area (Å²) in [5.41, 5.74) is 7.38. The standard InChI is InChI=1S/C11H17N3O/c1-8-4-3-5-13-10(8)7-14-11(15)9(2)6-12/h3-5,9H,6-7,12H2,1-2H3,(H,14,15). The van der Waals surface area contributed by atoms with Gasteiger partial charge in [0, 0.05) is 18.7 Å². The summed E-state index contributed by atoms with van der Waals surface area (Å²) in [6.07, 6.45) is 1.72. The predicted molar refractivity (Wildman–Crippen MR) is 59.0 cm³/mol. The van der Waals surface area contributed by atoms with Gasteiger partial charge in [0.15, 0.2) is 0 Å². The fourth-order valence-electron chi connectivity index (χ4n) is 1.16. The van der Waals surface area contributed by atoms with Gasteiger partial charge in [-0.25, -0.2) is 0 Å². The van der Waals surface area contributed by atoms with Crippen molar-refractivity contribution in [3.8, 4) is 0 Å². The Hall–Kier alpha value is -1.42. The van der Waals surface area contributed by atoms with Crippen LogP contribution in [0.25, 0.3) is 0 Å². The van der Waals surface area contributed by atoms with Gasteiger partial charge in [-0.3, -0.25) is 9.78 Å². The predicted octanol–water partition coefficient (Wildman–Crippen LogP) is 0.601. The fraction of sp³-hybridized carbons (Fsp3) is 0.455. The molecule has 1 heterocycles. The van der Waals surface area contributed by atoms with Crippen LogP contribution in [-0.4, -0.2) is 17.4 Å². The van der Waals surface area contributed by atoms with Crippen molar-refractivity contribution in [2.24, 2.45) is 11.7 Å². The Kier molecular flexibility index (Phi) is 4.24. The number of pyridine rings is 1. The second kappa shape index (κ2) is 5.46. The van der Waals surface area contributed by atoms with E-state index in [2.05, 4.69) is 10.3 Å². The molecule has 82 valence electrons. The first-order valence-corrected chi connectivity index (χ1v) is 5.03. The maximum Gasteiger partial charge on any atom is 0.224 e. The third-order valence-corrected chi connectivity index (χ3v) is 2.35. The van der Waals surface area contributed by atoms with E-state index in [9.17, 15) is 4.79 Å². The number of hydrogen-bond acceptors (Lipinski definition) is 3. The number of nitrogens with one attached hydrogen (secondary N) is 1. The summed E-state index contributed by atoms with van der Waals surface area (Å²) in [6, 6.07) is 3.85. The van der Waals surface area contributed by atoms with Crippen LogP contribution in [0.4, 0.5) is 0 Å². The van der Waals surface area contributed by atoms with Gasteiger partial charge in [-0.05, 0) is 18.6 Å². The molecule has 1 atom stereocenters. The third kappa shape index (κ3) is 3.32. The summed E-state index contributed by atoms with van der Waals surface area (Å²) >= 11 is 0. The van der Waals surface area contributed by atoms with E-state index in [0.29, 0.717) is 13.1 Å². The van der Waals surface area contributed by atoms with E-state index in [1.54, 1.807) is 13.1 Å². The van der Waals surface area contributed by atoms with Crippen molar-refractivity contribution in [2.45, 2.75) is 20.4 Å². The van der Waals surface area contributed by atoms with Crippen molar-refractivity contribution in [3.63, 3.8) is 0 Å². The molecule has 0 radical (unpaired) electrons. The summed E-state index contributed by atoms with van der Waals surface area (Å²) in [5, 5.41) is 2.81. The number of nitrogens with zero attached hydrogens (tertiary/aromatic N) is 1. The maximum atomic E-state index is 11.4. The molecular weight excluding hydrogens is 190 g/mol. The zero-order valence-corrected chi connectivity index (χ0v) is 9.16. The quantitative estimate of drug-likeness (QED) is 0.759. The summed E-state index contributed by atoms with van der Waals surface area (Å²) in [7, 11) is 0. The minimum atomic E-state index is -0.144. The molecule has 0 aliphatic heterocycles. The van der Waals surface area contributed by atoms with Crippen molar-refractivity contribution in [1.82, 2.24) is 10.3 Å². The van der Waals surface area contributed by atoms with Crippen LogP contribution in [0.3, 0.4) is 0 Å². The van der Waals surface area contributed by atoms with Crippen LogP contribution in [0, 0.1) is 12.8 Å². The van der Waals surface area contributed by atoms with Crippen LogP contribution in [-0.2, 0) is 11.3 Å². The van der Waals surface area contributed by atoms with Crippen LogP contribution in [0.5, 0.6) is 0 Å². The van der Waals surface area contributed by atoms with Gasteiger partial charge >= 0.3 is 0 Å². The molecule has 0 aliphatic carbocycles. The largest absolute Gasteiger partial charge is 0.350 e. The highest BCUT2D eigenvalue weighted by Gasteiger charge is 2.10. The second-order valence-corrected chi connectivity index (χ2v) is 3.62. The van der Waals surface area contributed by atoms with E-state index in [0.717, 1.165) is 11.3 Å². The minimum absolute atomic E-state index is 0.0254. The number of nitrogens with two attached hydrogens (primary N) is 1. The van der Waals surface area contributed by atoms with Gasteiger partial charge < -0.3 is 11.1 Å². The van der Waals surface area contributed by atoms with E-state index in [4.69, 9.17) is 5.73 Å². The van der Waals surface area contributed by atoms with Gasteiger partial charge in [-0.15, -0.1) is 0 Å². The lowest BCUT2D eigenvalue weighted by molar-refractivity contribution is -0.124. The molecule has 0 saturated carbocycles. The zero-order chi connectivity index (χ0) is 11.3. The fourth-order valence-corrected chi connectivity index (χ4v) is 1.16. The summed E-state index contributed by atoms with van der Waals surface area (Å²) < 4.78 is 0. The van der Waals surface area contributed by atoms with Crippen molar-refractivity contribution >= 4 is 5.91 Å². The number of amides is 1. The molecular formula is C11H17N3O. The third-order valence-electron chi connectivity index (χ3n) is 2.35.